The van der Waals surface area contributed by atoms with Gasteiger partial charge in [0.15, 0.2) is 0 Å². The number of hydrogen-bond acceptors (Lipinski definition) is 2. The van der Waals surface area contributed by atoms with Crippen LogP contribution in [0.4, 0.5) is 5.69 Å². The van der Waals surface area contributed by atoms with Crippen LogP contribution in [0.2, 0.25) is 0 Å². The van der Waals surface area contributed by atoms with Gasteiger partial charge < -0.3 is 10.1 Å². The molecule has 12 heavy (non-hydrogen) atoms. The molecule has 0 bridgehead atoms. The van der Waals surface area contributed by atoms with Gasteiger partial charge in [-0.3, -0.25) is 0 Å². The maximum Gasteiger partial charge on any atom is 0.142 e. The van der Waals surface area contributed by atoms with Gasteiger partial charge in [-0.15, -0.1) is 0 Å². The molecule has 2 rings (SSSR count). The maximum atomic E-state index is 5.23. The number of rotatable bonds is 1. The van der Waals surface area contributed by atoms with Crippen molar-refractivity contribution in [2.75, 3.05) is 19.0 Å². The maximum absolute atomic E-state index is 5.23. The predicted octanol–water partition coefficient (Wildman–Crippen LogP) is 2.43. The highest BCUT2D eigenvalue weighted by Crippen LogP contribution is 2.37. The van der Waals surface area contributed by atoms with E-state index in [-0.39, 0.29) is 0 Å². The van der Waals surface area contributed by atoms with Crippen molar-refractivity contribution in [1.29, 1.82) is 0 Å². The molecule has 0 spiro atoms. The summed E-state index contributed by atoms with van der Waals surface area (Å²) >= 11 is 3.52. The smallest absolute Gasteiger partial charge is 0.142 e. The van der Waals surface area contributed by atoms with Gasteiger partial charge in [0.2, 0.25) is 0 Å². The molecule has 1 aromatic carbocycles. The molecule has 64 valence electrons. The average molecular weight is 228 g/mol. The van der Waals surface area contributed by atoms with E-state index in [0.717, 1.165) is 24.4 Å². The van der Waals surface area contributed by atoms with E-state index in [2.05, 4.69) is 21.2 Å². The number of hydrogen-bond donors (Lipinski definition) is 1. The molecule has 1 aromatic rings. The summed E-state index contributed by atoms with van der Waals surface area (Å²) < 4.78 is 6.40. The monoisotopic (exact) mass is 227 g/mol. The fourth-order valence-corrected chi connectivity index (χ4v) is 2.05. The topological polar surface area (TPSA) is 21.3 Å². The first-order chi connectivity index (χ1) is 5.83. The summed E-state index contributed by atoms with van der Waals surface area (Å²) in [4.78, 5) is 0. The Morgan fingerprint density at radius 1 is 1.50 bits per heavy atom. The highest BCUT2D eigenvalue weighted by atomic mass is 79.9. The zero-order valence-corrected chi connectivity index (χ0v) is 8.44. The van der Waals surface area contributed by atoms with E-state index < -0.39 is 0 Å². The number of anilines is 1. The van der Waals surface area contributed by atoms with Gasteiger partial charge in [-0.05, 0) is 24.1 Å². The minimum atomic E-state index is 0.936. The van der Waals surface area contributed by atoms with Gasteiger partial charge in [0.1, 0.15) is 5.75 Å². The Hall–Kier alpha value is -0.700. The number of ether oxygens (including phenoxy) is 1. The first kappa shape index (κ1) is 7.92. The summed E-state index contributed by atoms with van der Waals surface area (Å²) in [5, 5.41) is 3.31. The molecule has 0 unspecified atom stereocenters. The highest BCUT2D eigenvalue weighted by Gasteiger charge is 2.16. The lowest BCUT2D eigenvalue weighted by Crippen LogP contribution is -1.93. The van der Waals surface area contributed by atoms with Crippen molar-refractivity contribution in [3.63, 3.8) is 0 Å². The molecule has 0 saturated carbocycles. The van der Waals surface area contributed by atoms with Crippen LogP contribution in [0.1, 0.15) is 5.56 Å². The molecule has 0 aliphatic carbocycles. The van der Waals surface area contributed by atoms with Crippen molar-refractivity contribution in [3.8, 4) is 5.75 Å². The average Bonchev–Trinajstić information content (AvgIpc) is 2.54. The number of halogens is 1. The van der Waals surface area contributed by atoms with Crippen LogP contribution in [0, 0.1) is 0 Å². The summed E-state index contributed by atoms with van der Waals surface area (Å²) in [5.41, 5.74) is 2.47. The molecule has 0 aromatic heterocycles. The van der Waals surface area contributed by atoms with E-state index >= 15 is 0 Å². The van der Waals surface area contributed by atoms with Crippen molar-refractivity contribution in [3.05, 3.63) is 22.2 Å². The molecule has 0 saturated heterocycles. The van der Waals surface area contributed by atoms with Crippen LogP contribution in [0.15, 0.2) is 16.6 Å². The summed E-state index contributed by atoms with van der Waals surface area (Å²) in [6.07, 6.45) is 1.08. The first-order valence-corrected chi connectivity index (χ1v) is 4.71. The zero-order chi connectivity index (χ0) is 8.55. The Labute approximate surface area is 80.1 Å². The second kappa shape index (κ2) is 2.98. The predicted molar refractivity (Wildman–Crippen MR) is 52.9 cm³/mol. The lowest BCUT2D eigenvalue weighted by molar-refractivity contribution is 0.416. The Kier molecular flexibility index (Phi) is 1.97. The van der Waals surface area contributed by atoms with Gasteiger partial charge >= 0.3 is 0 Å². The van der Waals surface area contributed by atoms with Crippen molar-refractivity contribution in [2.24, 2.45) is 0 Å². The molecule has 0 fully saturated rings. The van der Waals surface area contributed by atoms with Gasteiger partial charge in [-0.2, -0.15) is 0 Å². The van der Waals surface area contributed by atoms with Crippen LogP contribution >= 0.6 is 15.9 Å². The standard InChI is InChI=1S/C9H10BrNO/c1-12-8-3-2-7(10)6-4-5-11-9(6)8/h2-3,11H,4-5H2,1H3. The second-order valence-electron chi connectivity index (χ2n) is 2.78. The zero-order valence-electron chi connectivity index (χ0n) is 6.86. The molecular weight excluding hydrogens is 218 g/mol. The van der Waals surface area contributed by atoms with Gasteiger partial charge in [-0.25, -0.2) is 0 Å². The lowest BCUT2D eigenvalue weighted by Gasteiger charge is -2.07. The van der Waals surface area contributed by atoms with Gasteiger partial charge in [0.05, 0.1) is 12.8 Å². The van der Waals surface area contributed by atoms with E-state index in [4.69, 9.17) is 4.74 Å². The molecule has 1 N–H and O–H groups in total. The van der Waals surface area contributed by atoms with Crippen molar-refractivity contribution >= 4 is 21.6 Å². The van der Waals surface area contributed by atoms with E-state index in [9.17, 15) is 0 Å². The van der Waals surface area contributed by atoms with E-state index in [1.165, 1.54) is 10.0 Å². The molecule has 0 atom stereocenters. The van der Waals surface area contributed by atoms with E-state index in [1.807, 2.05) is 12.1 Å². The fourth-order valence-electron chi connectivity index (χ4n) is 1.52. The van der Waals surface area contributed by atoms with E-state index in [1.54, 1.807) is 7.11 Å². The van der Waals surface area contributed by atoms with Crippen LogP contribution in [0.3, 0.4) is 0 Å². The minimum absolute atomic E-state index is 0.936. The molecule has 1 heterocycles. The largest absolute Gasteiger partial charge is 0.495 e. The second-order valence-corrected chi connectivity index (χ2v) is 3.63. The number of nitrogens with one attached hydrogen (secondary N) is 1. The van der Waals surface area contributed by atoms with Gasteiger partial charge in [0.25, 0.3) is 0 Å². The summed E-state index contributed by atoms with van der Waals surface area (Å²) in [6, 6.07) is 4.01. The van der Waals surface area contributed by atoms with Crippen molar-refractivity contribution < 1.29 is 4.74 Å². The Bertz CT molecular complexity index is 312. The SMILES string of the molecule is COc1ccc(Br)c2c1NCC2. The van der Waals surface area contributed by atoms with E-state index in [0.29, 0.717) is 0 Å². The lowest BCUT2D eigenvalue weighted by atomic mass is 10.1. The van der Waals surface area contributed by atoms with Crippen LogP contribution in [0.25, 0.3) is 0 Å². The molecule has 1 aliphatic heterocycles. The molecule has 3 heteroatoms. The quantitative estimate of drug-likeness (QED) is 0.796. The third-order valence-electron chi connectivity index (χ3n) is 2.11. The number of benzene rings is 1. The molecule has 0 amide bonds. The summed E-state index contributed by atoms with van der Waals surface area (Å²) in [7, 11) is 1.70. The molecule has 0 radical (unpaired) electrons. The Morgan fingerprint density at radius 2 is 2.33 bits per heavy atom. The Morgan fingerprint density at radius 3 is 3.08 bits per heavy atom. The fraction of sp³-hybridized carbons (Fsp3) is 0.333. The molecule has 1 aliphatic rings. The third kappa shape index (κ3) is 1.08. The molecule has 2 nitrogen and oxygen atoms in total. The normalized spacial score (nSPS) is 13.8. The first-order valence-electron chi connectivity index (χ1n) is 3.92. The van der Waals surface area contributed by atoms with Crippen LogP contribution in [0.5, 0.6) is 5.75 Å². The van der Waals surface area contributed by atoms with Crippen LogP contribution < -0.4 is 10.1 Å². The Balaban J connectivity index is 2.57. The van der Waals surface area contributed by atoms with Crippen molar-refractivity contribution in [1.82, 2.24) is 0 Å². The summed E-state index contributed by atoms with van der Waals surface area (Å²) in [6.45, 7) is 1.01. The van der Waals surface area contributed by atoms with Crippen molar-refractivity contribution in [2.45, 2.75) is 6.42 Å². The van der Waals surface area contributed by atoms with Crippen LogP contribution in [-0.2, 0) is 6.42 Å². The number of methoxy groups -OCH3 is 1. The number of fused-ring (bicyclic) bond motifs is 1. The van der Waals surface area contributed by atoms with Crippen LogP contribution in [-0.4, -0.2) is 13.7 Å². The highest BCUT2D eigenvalue weighted by molar-refractivity contribution is 9.10. The van der Waals surface area contributed by atoms with Gasteiger partial charge in [0, 0.05) is 11.0 Å². The van der Waals surface area contributed by atoms with Gasteiger partial charge in [-0.1, -0.05) is 15.9 Å². The third-order valence-corrected chi connectivity index (χ3v) is 2.86. The molecular formula is C9H10BrNO. The summed E-state index contributed by atoms with van der Waals surface area (Å²) in [5.74, 6) is 0.936. The minimum Gasteiger partial charge on any atom is -0.495 e.